The highest BCUT2D eigenvalue weighted by atomic mass is 32.2. The van der Waals surface area contributed by atoms with Crippen LogP contribution in [0.25, 0.3) is 0 Å². The fraction of sp³-hybridized carbons (Fsp3) is 0.333. The van der Waals surface area contributed by atoms with Crippen molar-refractivity contribution >= 4 is 31.0 Å². The predicted octanol–water partition coefficient (Wildman–Crippen LogP) is 0.309. The van der Waals surface area contributed by atoms with Gasteiger partial charge in [0.15, 0.2) is 19.7 Å². The van der Waals surface area contributed by atoms with Gasteiger partial charge < -0.3 is 0 Å². The molecule has 0 aliphatic carbocycles. The molecule has 0 N–H and O–H groups in total. The number of hydrogen-bond donors (Lipinski definition) is 0. The van der Waals surface area contributed by atoms with Crippen molar-refractivity contribution in [2.24, 2.45) is 0 Å². The van der Waals surface area contributed by atoms with E-state index in [9.17, 15) is 16.8 Å². The molecule has 0 fully saturated rings. The second kappa shape index (κ2) is 2.55. The van der Waals surface area contributed by atoms with Gasteiger partial charge in [-0.1, -0.05) is 0 Å². The Morgan fingerprint density at radius 2 is 1.31 bits per heavy atom. The third-order valence-electron chi connectivity index (χ3n) is 1.88. The zero-order valence-corrected chi connectivity index (χ0v) is 8.88. The van der Waals surface area contributed by atoms with Gasteiger partial charge in [0.25, 0.3) is 0 Å². The molecule has 1 aliphatic rings. The lowest BCUT2D eigenvalue weighted by Gasteiger charge is -2.11. The van der Waals surface area contributed by atoms with Crippen LogP contribution in [0, 0.1) is 0 Å². The fourth-order valence-corrected chi connectivity index (χ4v) is 7.08. The van der Waals surface area contributed by atoms with Crippen molar-refractivity contribution in [3.8, 4) is 0 Å². The van der Waals surface area contributed by atoms with Crippen molar-refractivity contribution in [2.75, 3.05) is 11.5 Å². The minimum Gasteiger partial charge on any atom is -0.224 e. The second-order valence-corrected chi connectivity index (χ2v) is 7.64. The highest BCUT2D eigenvalue weighted by Gasteiger charge is 2.33. The highest BCUT2D eigenvalue weighted by molar-refractivity contribution is 7.98. The molecule has 2 rings (SSSR count). The third kappa shape index (κ3) is 1.31. The molecule has 1 aromatic rings. The van der Waals surface area contributed by atoms with E-state index < -0.39 is 19.7 Å². The van der Waals surface area contributed by atoms with Crippen LogP contribution in [0.5, 0.6) is 0 Å². The molecule has 2 heterocycles. The molecule has 7 heteroatoms. The van der Waals surface area contributed by atoms with Crippen molar-refractivity contribution in [2.45, 2.75) is 9.79 Å². The van der Waals surface area contributed by atoms with E-state index in [0.29, 0.717) is 0 Å². The normalized spacial score (nSPS) is 23.7. The summed E-state index contributed by atoms with van der Waals surface area (Å²) in [4.78, 5) is -0.0486. The summed E-state index contributed by atoms with van der Waals surface area (Å²) in [5.41, 5.74) is 0. The van der Waals surface area contributed by atoms with Crippen LogP contribution in [0.1, 0.15) is 0 Å². The molecule has 0 unspecified atom stereocenters. The molecule has 72 valence electrons. The maximum absolute atomic E-state index is 11.4. The van der Waals surface area contributed by atoms with Crippen LogP contribution < -0.4 is 0 Å². The van der Waals surface area contributed by atoms with Crippen LogP contribution >= 0.6 is 11.3 Å². The zero-order valence-electron chi connectivity index (χ0n) is 6.43. The average Bonchev–Trinajstić information content (AvgIpc) is 2.48. The Kier molecular flexibility index (Phi) is 1.80. The Balaban J connectivity index is 2.85. The quantitative estimate of drug-likeness (QED) is 0.652. The van der Waals surface area contributed by atoms with Gasteiger partial charge in [0, 0.05) is 10.8 Å². The van der Waals surface area contributed by atoms with Crippen molar-refractivity contribution in [1.29, 1.82) is 0 Å². The van der Waals surface area contributed by atoms with Gasteiger partial charge in [0.05, 0.1) is 21.3 Å². The molecule has 0 bridgehead atoms. The van der Waals surface area contributed by atoms with Crippen molar-refractivity contribution in [3.63, 3.8) is 0 Å². The molecule has 0 radical (unpaired) electrons. The minimum atomic E-state index is -3.34. The number of thiophene rings is 1. The molecule has 0 spiro atoms. The zero-order chi connectivity index (χ0) is 9.69. The molecule has 1 aromatic heterocycles. The van der Waals surface area contributed by atoms with Crippen LogP contribution in [-0.2, 0) is 19.7 Å². The average molecular weight is 238 g/mol. The van der Waals surface area contributed by atoms with Crippen molar-refractivity contribution in [3.05, 3.63) is 10.8 Å². The van der Waals surface area contributed by atoms with E-state index in [0.717, 1.165) is 11.3 Å². The van der Waals surface area contributed by atoms with E-state index in [1.165, 1.54) is 10.8 Å². The lowest BCUT2D eigenvalue weighted by Crippen LogP contribution is -2.24. The monoisotopic (exact) mass is 238 g/mol. The Hall–Kier alpha value is -0.400. The lowest BCUT2D eigenvalue weighted by molar-refractivity contribution is 0.576. The number of rotatable bonds is 0. The number of fused-ring (bicyclic) bond motifs is 1. The van der Waals surface area contributed by atoms with E-state index in [1.54, 1.807) is 0 Å². The van der Waals surface area contributed by atoms with E-state index in [-0.39, 0.29) is 21.3 Å². The molecule has 0 saturated carbocycles. The standard InChI is InChI=1S/C6H6O4S3/c7-12(8)1-2-13(9,10)6-4-11-3-5(6)12/h3-4H,1-2H2. The molecule has 0 atom stereocenters. The van der Waals surface area contributed by atoms with Crippen LogP contribution in [0.15, 0.2) is 20.6 Å². The Morgan fingerprint density at radius 1 is 0.923 bits per heavy atom. The minimum absolute atomic E-state index is 0.0243. The molecular formula is C6H6O4S3. The lowest BCUT2D eigenvalue weighted by atomic mass is 10.7. The van der Waals surface area contributed by atoms with Crippen LogP contribution in [-0.4, -0.2) is 28.3 Å². The summed E-state index contributed by atoms with van der Waals surface area (Å²) in [5.74, 6) is -0.585. The molecule has 13 heavy (non-hydrogen) atoms. The summed E-state index contributed by atoms with van der Waals surface area (Å²) in [7, 11) is -6.68. The Morgan fingerprint density at radius 3 is 1.69 bits per heavy atom. The van der Waals surface area contributed by atoms with Crippen LogP contribution in [0.2, 0.25) is 0 Å². The summed E-state index contributed by atoms with van der Waals surface area (Å²) < 4.78 is 45.5. The first-order valence-corrected chi connectivity index (χ1v) is 7.70. The summed E-state index contributed by atoms with van der Waals surface area (Å²) in [5, 5.41) is 2.75. The Bertz CT molecular complexity index is 486. The molecule has 0 amide bonds. The van der Waals surface area contributed by atoms with Gasteiger partial charge in [-0.05, 0) is 0 Å². The maximum atomic E-state index is 11.4. The second-order valence-electron chi connectivity index (χ2n) is 2.74. The molecule has 4 nitrogen and oxygen atoms in total. The first kappa shape index (κ1) is 9.17. The van der Waals surface area contributed by atoms with Gasteiger partial charge in [-0.15, -0.1) is 11.3 Å². The first-order chi connectivity index (χ1) is 5.93. The van der Waals surface area contributed by atoms with E-state index in [4.69, 9.17) is 0 Å². The Labute approximate surface area is 80.0 Å². The highest BCUT2D eigenvalue weighted by Crippen LogP contribution is 2.31. The van der Waals surface area contributed by atoms with E-state index in [2.05, 4.69) is 0 Å². The van der Waals surface area contributed by atoms with E-state index in [1.807, 2.05) is 0 Å². The fourth-order valence-electron chi connectivity index (χ4n) is 1.17. The molecular weight excluding hydrogens is 232 g/mol. The van der Waals surface area contributed by atoms with Gasteiger partial charge in [0.2, 0.25) is 0 Å². The van der Waals surface area contributed by atoms with Crippen molar-refractivity contribution in [1.82, 2.24) is 0 Å². The molecule has 1 aliphatic heterocycles. The van der Waals surface area contributed by atoms with Gasteiger partial charge in [-0.3, -0.25) is 0 Å². The molecule has 0 aromatic carbocycles. The SMILES string of the molecule is O=S1(=O)CCS(=O)(=O)c2cscc21. The van der Waals surface area contributed by atoms with Crippen LogP contribution in [0.4, 0.5) is 0 Å². The van der Waals surface area contributed by atoms with Gasteiger partial charge >= 0.3 is 0 Å². The largest absolute Gasteiger partial charge is 0.224 e. The summed E-state index contributed by atoms with van der Waals surface area (Å²) >= 11 is 1.10. The first-order valence-electron chi connectivity index (χ1n) is 3.45. The van der Waals surface area contributed by atoms with E-state index >= 15 is 0 Å². The number of hydrogen-bond acceptors (Lipinski definition) is 5. The third-order valence-corrected chi connectivity index (χ3v) is 6.81. The van der Waals surface area contributed by atoms with Gasteiger partial charge in [0.1, 0.15) is 0 Å². The topological polar surface area (TPSA) is 68.3 Å². The van der Waals surface area contributed by atoms with Gasteiger partial charge in [-0.25, -0.2) is 16.8 Å². The smallest absolute Gasteiger partial charge is 0.181 e. The predicted molar refractivity (Wildman–Crippen MR) is 48.4 cm³/mol. The van der Waals surface area contributed by atoms with Gasteiger partial charge in [-0.2, -0.15) is 0 Å². The number of sulfone groups is 2. The van der Waals surface area contributed by atoms with Crippen LogP contribution in [0.3, 0.4) is 0 Å². The maximum Gasteiger partial charge on any atom is 0.181 e. The molecule has 0 saturated heterocycles. The summed E-state index contributed by atoms with van der Waals surface area (Å²) in [6.07, 6.45) is 0. The summed E-state index contributed by atoms with van der Waals surface area (Å²) in [6.45, 7) is 0. The van der Waals surface area contributed by atoms with Crippen molar-refractivity contribution < 1.29 is 16.8 Å². The summed E-state index contributed by atoms with van der Waals surface area (Å²) in [6, 6.07) is 0.